The lowest BCUT2D eigenvalue weighted by atomic mass is 9.95. The van der Waals surface area contributed by atoms with E-state index in [9.17, 15) is 4.79 Å². The summed E-state index contributed by atoms with van der Waals surface area (Å²) < 4.78 is 0. The number of rotatable bonds is 3. The molecule has 1 amide bonds. The van der Waals surface area contributed by atoms with E-state index in [0.29, 0.717) is 24.2 Å². The highest BCUT2D eigenvalue weighted by atomic mass is 35.5. The number of hydrogen-bond donors (Lipinski definition) is 2. The monoisotopic (exact) mass is 287 g/mol. The first-order valence-electron chi connectivity index (χ1n) is 6.21. The van der Waals surface area contributed by atoms with E-state index in [1.165, 1.54) is 30.6 Å². The van der Waals surface area contributed by atoms with Crippen LogP contribution in [0, 0.1) is 11.8 Å². The second-order valence-electron chi connectivity index (χ2n) is 5.09. The Morgan fingerprint density at radius 3 is 2.89 bits per heavy atom. The van der Waals surface area contributed by atoms with Crippen molar-refractivity contribution in [2.24, 2.45) is 17.6 Å². The number of carbonyl (C=O) groups excluding carboxylic acids is 1. The summed E-state index contributed by atoms with van der Waals surface area (Å²) in [6, 6.07) is 0.379. The Hall–Kier alpha value is -0.650. The number of aromatic nitrogens is 1. The first kappa shape index (κ1) is 13.8. The van der Waals surface area contributed by atoms with Crippen molar-refractivity contribution in [1.82, 2.24) is 10.3 Å². The molecule has 0 aromatic carbocycles. The molecule has 2 aliphatic carbocycles. The topological polar surface area (TPSA) is 68.0 Å². The molecule has 6 heteroatoms. The number of thiazole rings is 1. The molecule has 1 aromatic heterocycles. The van der Waals surface area contributed by atoms with Gasteiger partial charge in [-0.05, 0) is 31.1 Å². The van der Waals surface area contributed by atoms with Crippen molar-refractivity contribution >= 4 is 29.7 Å². The lowest BCUT2D eigenvalue weighted by Gasteiger charge is -2.22. The predicted molar refractivity (Wildman–Crippen MR) is 74.0 cm³/mol. The lowest BCUT2D eigenvalue weighted by Crippen LogP contribution is -2.38. The van der Waals surface area contributed by atoms with Gasteiger partial charge in [-0.1, -0.05) is 6.42 Å². The van der Waals surface area contributed by atoms with Gasteiger partial charge in [-0.25, -0.2) is 4.98 Å². The molecule has 3 rings (SSSR count). The molecule has 3 atom stereocenters. The maximum Gasteiger partial charge on any atom is 0.270 e. The van der Waals surface area contributed by atoms with E-state index in [1.807, 2.05) is 0 Å². The van der Waals surface area contributed by atoms with Crippen molar-refractivity contribution in [2.45, 2.75) is 38.3 Å². The van der Waals surface area contributed by atoms with Gasteiger partial charge >= 0.3 is 0 Å². The van der Waals surface area contributed by atoms with Crippen LogP contribution in [0.2, 0.25) is 0 Å². The second-order valence-corrected chi connectivity index (χ2v) is 6.03. The molecule has 100 valence electrons. The zero-order valence-electron chi connectivity index (χ0n) is 10.1. The van der Waals surface area contributed by atoms with Gasteiger partial charge in [-0.15, -0.1) is 23.7 Å². The van der Waals surface area contributed by atoms with Crippen molar-refractivity contribution in [1.29, 1.82) is 0 Å². The highest BCUT2D eigenvalue weighted by molar-refractivity contribution is 7.09. The Morgan fingerprint density at radius 1 is 1.50 bits per heavy atom. The average Bonchev–Trinajstić information content (AvgIpc) is 3.04. The molecule has 3 N–H and O–H groups in total. The third-order valence-corrected chi connectivity index (χ3v) is 4.88. The lowest BCUT2D eigenvalue weighted by molar-refractivity contribution is 0.0918. The quantitative estimate of drug-likeness (QED) is 0.893. The zero-order valence-corrected chi connectivity index (χ0v) is 11.7. The molecule has 2 bridgehead atoms. The number of carbonyl (C=O) groups is 1. The summed E-state index contributed by atoms with van der Waals surface area (Å²) in [5.74, 6) is 1.52. The van der Waals surface area contributed by atoms with Crippen LogP contribution < -0.4 is 11.1 Å². The highest BCUT2D eigenvalue weighted by Crippen LogP contribution is 2.44. The van der Waals surface area contributed by atoms with Crippen molar-refractivity contribution in [3.8, 4) is 0 Å². The fourth-order valence-corrected chi connectivity index (χ4v) is 3.83. The van der Waals surface area contributed by atoms with Gasteiger partial charge < -0.3 is 11.1 Å². The molecule has 0 saturated heterocycles. The van der Waals surface area contributed by atoms with Crippen LogP contribution in [0.15, 0.2) is 5.38 Å². The van der Waals surface area contributed by atoms with Crippen LogP contribution in [0.5, 0.6) is 0 Å². The Balaban J connectivity index is 0.00000120. The van der Waals surface area contributed by atoms with Crippen molar-refractivity contribution in [3.63, 3.8) is 0 Å². The van der Waals surface area contributed by atoms with Gasteiger partial charge in [0, 0.05) is 18.0 Å². The molecular formula is C12H18ClN3OS. The molecular weight excluding hydrogens is 270 g/mol. The smallest absolute Gasteiger partial charge is 0.270 e. The molecule has 1 heterocycles. The second kappa shape index (κ2) is 5.55. The van der Waals surface area contributed by atoms with E-state index in [4.69, 9.17) is 5.73 Å². The minimum absolute atomic E-state index is 0. The standard InChI is InChI=1S/C12H17N3OS.ClH/c13-5-11-14-10(6-17-11)12(16)15-9-4-7-1-2-8(9)3-7;/h6-9H,1-5,13H2,(H,15,16);1H. The van der Waals surface area contributed by atoms with Gasteiger partial charge in [0.2, 0.25) is 0 Å². The molecule has 0 radical (unpaired) electrons. The average molecular weight is 288 g/mol. The number of nitrogens with one attached hydrogen (secondary N) is 1. The third kappa shape index (κ3) is 2.53. The maximum atomic E-state index is 12.0. The summed E-state index contributed by atoms with van der Waals surface area (Å²) in [6.45, 7) is 0.409. The minimum Gasteiger partial charge on any atom is -0.348 e. The fraction of sp³-hybridized carbons (Fsp3) is 0.667. The summed E-state index contributed by atoms with van der Waals surface area (Å²) >= 11 is 1.45. The SMILES string of the molecule is Cl.NCc1nc(C(=O)NC2CC3CCC2C3)cs1. The molecule has 4 nitrogen and oxygen atoms in total. The molecule has 18 heavy (non-hydrogen) atoms. The first-order chi connectivity index (χ1) is 8.26. The van der Waals surface area contributed by atoms with Crippen LogP contribution in [0.4, 0.5) is 0 Å². The summed E-state index contributed by atoms with van der Waals surface area (Å²) in [5, 5.41) is 5.75. The van der Waals surface area contributed by atoms with Gasteiger partial charge in [0.1, 0.15) is 10.7 Å². The van der Waals surface area contributed by atoms with Crippen LogP contribution in [0.1, 0.15) is 41.2 Å². The van der Waals surface area contributed by atoms with Crippen LogP contribution >= 0.6 is 23.7 Å². The maximum absolute atomic E-state index is 12.0. The first-order valence-corrected chi connectivity index (χ1v) is 7.09. The predicted octanol–water partition coefficient (Wildman–Crippen LogP) is 1.94. The summed E-state index contributed by atoms with van der Waals surface area (Å²) in [7, 11) is 0. The Bertz CT molecular complexity index is 437. The van der Waals surface area contributed by atoms with E-state index in [2.05, 4.69) is 10.3 Å². The number of hydrogen-bond acceptors (Lipinski definition) is 4. The van der Waals surface area contributed by atoms with Gasteiger partial charge in [0.05, 0.1) is 0 Å². The third-order valence-electron chi connectivity index (χ3n) is 4.01. The van der Waals surface area contributed by atoms with Gasteiger partial charge in [0.25, 0.3) is 5.91 Å². The van der Waals surface area contributed by atoms with Crippen molar-refractivity contribution < 1.29 is 4.79 Å². The van der Waals surface area contributed by atoms with E-state index in [0.717, 1.165) is 17.3 Å². The Kier molecular flexibility index (Phi) is 4.25. The Labute approximate surface area is 117 Å². The molecule has 1 aromatic rings. The van der Waals surface area contributed by atoms with Crippen LogP contribution in [-0.4, -0.2) is 16.9 Å². The normalized spacial score (nSPS) is 29.1. The van der Waals surface area contributed by atoms with Gasteiger partial charge in [0.15, 0.2) is 0 Å². The number of nitrogens with zero attached hydrogens (tertiary/aromatic N) is 1. The van der Waals surface area contributed by atoms with E-state index < -0.39 is 0 Å². The van der Waals surface area contributed by atoms with Crippen LogP contribution in [0.25, 0.3) is 0 Å². The van der Waals surface area contributed by atoms with Crippen LogP contribution in [0.3, 0.4) is 0 Å². The molecule has 0 spiro atoms. The Morgan fingerprint density at radius 2 is 2.33 bits per heavy atom. The van der Waals surface area contributed by atoms with E-state index >= 15 is 0 Å². The zero-order chi connectivity index (χ0) is 11.8. The summed E-state index contributed by atoms with van der Waals surface area (Å²) in [6.07, 6.45) is 5.09. The fourth-order valence-electron chi connectivity index (χ4n) is 3.17. The molecule has 2 saturated carbocycles. The number of nitrogens with two attached hydrogens (primary N) is 1. The summed E-state index contributed by atoms with van der Waals surface area (Å²) in [4.78, 5) is 16.2. The molecule has 0 aliphatic heterocycles. The highest BCUT2D eigenvalue weighted by Gasteiger charge is 2.40. The van der Waals surface area contributed by atoms with E-state index in [1.54, 1.807) is 5.38 Å². The van der Waals surface area contributed by atoms with Gasteiger partial charge in [-0.3, -0.25) is 4.79 Å². The molecule has 3 unspecified atom stereocenters. The van der Waals surface area contributed by atoms with Crippen molar-refractivity contribution in [2.75, 3.05) is 0 Å². The largest absolute Gasteiger partial charge is 0.348 e. The summed E-state index contributed by atoms with van der Waals surface area (Å²) in [5.41, 5.74) is 6.02. The molecule has 2 fully saturated rings. The van der Waals surface area contributed by atoms with E-state index in [-0.39, 0.29) is 18.3 Å². The van der Waals surface area contributed by atoms with Crippen molar-refractivity contribution in [3.05, 3.63) is 16.1 Å². The van der Waals surface area contributed by atoms with Gasteiger partial charge in [-0.2, -0.15) is 0 Å². The molecule has 2 aliphatic rings. The minimum atomic E-state index is -0.0292. The number of halogens is 1. The number of amides is 1. The van der Waals surface area contributed by atoms with Crippen LogP contribution in [-0.2, 0) is 6.54 Å². The number of fused-ring (bicyclic) bond motifs is 2.